The summed E-state index contributed by atoms with van der Waals surface area (Å²) in [7, 11) is -0.966. The molecular formula is C33H41NO3S2Si. The van der Waals surface area contributed by atoms with Crippen LogP contribution < -0.4 is 10.4 Å². The molecule has 40 heavy (non-hydrogen) atoms. The summed E-state index contributed by atoms with van der Waals surface area (Å²) < 4.78 is 13.7. The number of rotatable bonds is 11. The Morgan fingerprint density at radius 2 is 1.50 bits per heavy atom. The second-order valence-corrected chi connectivity index (χ2v) is 17.5. The normalized spacial score (nSPS) is 17.6. The lowest BCUT2D eigenvalue weighted by atomic mass is 9.98. The van der Waals surface area contributed by atoms with Crippen molar-refractivity contribution in [3.05, 3.63) is 96.6 Å². The highest BCUT2D eigenvalue weighted by atomic mass is 32.2. The number of carbonyl (C=O) groups is 1. The highest BCUT2D eigenvalue weighted by molar-refractivity contribution is 8.23. The summed E-state index contributed by atoms with van der Waals surface area (Å²) >= 11 is 7.24. The fraction of sp³-hybridized carbons (Fsp3) is 0.394. The van der Waals surface area contributed by atoms with Gasteiger partial charge in [-0.25, -0.2) is 0 Å². The topological polar surface area (TPSA) is 38.8 Å². The maximum absolute atomic E-state index is 13.8. The molecule has 212 valence electrons. The first-order valence-electron chi connectivity index (χ1n) is 14.0. The fourth-order valence-electron chi connectivity index (χ4n) is 5.81. The number of thiocarbonyl (C=S) groups is 1. The molecule has 7 heteroatoms. The molecule has 3 atom stereocenters. The van der Waals surface area contributed by atoms with Gasteiger partial charge in [-0.05, 0) is 33.8 Å². The van der Waals surface area contributed by atoms with Crippen LogP contribution in [0.1, 0.15) is 39.7 Å². The summed E-state index contributed by atoms with van der Waals surface area (Å²) in [6.07, 6.45) is 1.13. The molecule has 0 radical (unpaired) electrons. The Labute approximate surface area is 250 Å². The summed E-state index contributed by atoms with van der Waals surface area (Å²) in [6, 6.07) is 31.6. The van der Waals surface area contributed by atoms with Gasteiger partial charge in [0.1, 0.15) is 4.32 Å². The monoisotopic (exact) mass is 591 g/mol. The number of ether oxygens (including phenoxy) is 1. The molecule has 1 heterocycles. The van der Waals surface area contributed by atoms with Gasteiger partial charge in [0.15, 0.2) is 0 Å². The SMILES string of the molecule is CO[C@H](CCO[Si](c1ccccc1)(c1ccccc1)C(C)(C)C)[C@@H](C)C(=O)N1C(=S)SC[C@@H]1Cc1ccccc1. The number of nitrogens with zero attached hydrogens (tertiary/aromatic N) is 1. The minimum atomic E-state index is -2.66. The first-order chi connectivity index (χ1) is 19.2. The third-order valence-electron chi connectivity index (χ3n) is 7.90. The van der Waals surface area contributed by atoms with Gasteiger partial charge in [-0.2, -0.15) is 0 Å². The molecule has 0 aromatic heterocycles. The van der Waals surface area contributed by atoms with Gasteiger partial charge < -0.3 is 9.16 Å². The van der Waals surface area contributed by atoms with E-state index in [1.807, 2.05) is 30.0 Å². The summed E-state index contributed by atoms with van der Waals surface area (Å²) in [5.74, 6) is 0.511. The minimum absolute atomic E-state index is 0.0354. The van der Waals surface area contributed by atoms with Crippen LogP contribution in [-0.2, 0) is 20.4 Å². The van der Waals surface area contributed by atoms with E-state index >= 15 is 0 Å². The molecule has 1 saturated heterocycles. The molecule has 4 rings (SSSR count). The molecule has 1 aliphatic heterocycles. The number of carbonyl (C=O) groups excluding carboxylic acids is 1. The van der Waals surface area contributed by atoms with Gasteiger partial charge in [0.05, 0.1) is 18.1 Å². The highest BCUT2D eigenvalue weighted by Gasteiger charge is 2.50. The van der Waals surface area contributed by atoms with E-state index in [9.17, 15) is 4.79 Å². The number of thioether (sulfide) groups is 1. The summed E-state index contributed by atoms with van der Waals surface area (Å²) in [6.45, 7) is 9.29. The van der Waals surface area contributed by atoms with Gasteiger partial charge in [0, 0.05) is 19.5 Å². The Hall–Kier alpha value is -2.29. The van der Waals surface area contributed by atoms with Crippen molar-refractivity contribution >= 4 is 52.9 Å². The van der Waals surface area contributed by atoms with Gasteiger partial charge in [0.25, 0.3) is 8.32 Å². The summed E-state index contributed by atoms with van der Waals surface area (Å²) in [4.78, 5) is 15.7. The van der Waals surface area contributed by atoms with E-state index in [2.05, 4.69) is 93.6 Å². The lowest BCUT2D eigenvalue weighted by Gasteiger charge is -2.43. The molecule has 0 N–H and O–H groups in total. The Morgan fingerprint density at radius 3 is 2.00 bits per heavy atom. The number of hydrogen-bond donors (Lipinski definition) is 0. The van der Waals surface area contributed by atoms with Crippen LogP contribution in [0, 0.1) is 5.92 Å². The van der Waals surface area contributed by atoms with Crippen molar-refractivity contribution in [3.63, 3.8) is 0 Å². The molecule has 1 aliphatic rings. The molecule has 0 unspecified atom stereocenters. The summed E-state index contributed by atoms with van der Waals surface area (Å²) in [5.41, 5.74) is 1.21. The molecule has 3 aromatic rings. The van der Waals surface area contributed by atoms with E-state index in [1.165, 1.54) is 15.9 Å². The Kier molecular flexibility index (Phi) is 10.4. The van der Waals surface area contributed by atoms with E-state index in [4.69, 9.17) is 21.4 Å². The number of amides is 1. The predicted octanol–water partition coefficient (Wildman–Crippen LogP) is 6.08. The van der Waals surface area contributed by atoms with E-state index in [1.54, 1.807) is 18.9 Å². The molecule has 1 fully saturated rings. The average molecular weight is 592 g/mol. The third kappa shape index (κ3) is 6.60. The predicted molar refractivity (Wildman–Crippen MR) is 174 cm³/mol. The third-order valence-corrected chi connectivity index (χ3v) is 14.5. The molecule has 4 nitrogen and oxygen atoms in total. The van der Waals surface area contributed by atoms with Crippen molar-refractivity contribution in [2.45, 2.75) is 57.7 Å². The second-order valence-electron chi connectivity index (χ2n) is 11.5. The van der Waals surface area contributed by atoms with E-state index in [0.717, 1.165) is 12.2 Å². The van der Waals surface area contributed by atoms with Crippen molar-refractivity contribution < 1.29 is 14.0 Å². The fourth-order valence-corrected chi connectivity index (χ4v) is 11.8. The maximum atomic E-state index is 13.8. The van der Waals surface area contributed by atoms with E-state index in [-0.39, 0.29) is 29.0 Å². The molecule has 0 spiro atoms. The molecule has 0 bridgehead atoms. The van der Waals surface area contributed by atoms with Crippen molar-refractivity contribution in [2.75, 3.05) is 19.5 Å². The lowest BCUT2D eigenvalue weighted by Crippen LogP contribution is -2.66. The largest absolute Gasteiger partial charge is 0.407 e. The zero-order valence-electron chi connectivity index (χ0n) is 24.2. The van der Waals surface area contributed by atoms with E-state index in [0.29, 0.717) is 17.3 Å². The van der Waals surface area contributed by atoms with Gasteiger partial charge in [0.2, 0.25) is 5.91 Å². The van der Waals surface area contributed by atoms with Crippen LogP contribution in [0.15, 0.2) is 91.0 Å². The molecule has 0 aliphatic carbocycles. The van der Waals surface area contributed by atoms with Crippen LogP contribution in [-0.4, -0.2) is 55.1 Å². The first-order valence-corrected chi connectivity index (χ1v) is 17.3. The van der Waals surface area contributed by atoms with Crippen LogP contribution >= 0.6 is 24.0 Å². The number of benzene rings is 3. The van der Waals surface area contributed by atoms with Crippen LogP contribution in [0.25, 0.3) is 0 Å². The molecule has 3 aromatic carbocycles. The molecule has 0 saturated carbocycles. The van der Waals surface area contributed by atoms with Gasteiger partial charge in [-0.15, -0.1) is 0 Å². The van der Waals surface area contributed by atoms with Crippen molar-refractivity contribution in [1.29, 1.82) is 0 Å². The van der Waals surface area contributed by atoms with Crippen LogP contribution in [0.2, 0.25) is 5.04 Å². The Morgan fingerprint density at radius 1 is 0.975 bits per heavy atom. The highest BCUT2D eigenvalue weighted by Crippen LogP contribution is 2.37. The summed E-state index contributed by atoms with van der Waals surface area (Å²) in [5, 5.41) is 2.38. The molecular weight excluding hydrogens is 551 g/mol. The zero-order valence-corrected chi connectivity index (χ0v) is 26.8. The van der Waals surface area contributed by atoms with Gasteiger partial charge >= 0.3 is 0 Å². The lowest BCUT2D eigenvalue weighted by molar-refractivity contribution is -0.136. The van der Waals surface area contributed by atoms with Crippen LogP contribution in [0.3, 0.4) is 0 Å². The maximum Gasteiger partial charge on any atom is 0.261 e. The smallest absolute Gasteiger partial charge is 0.261 e. The van der Waals surface area contributed by atoms with Crippen molar-refractivity contribution in [1.82, 2.24) is 4.90 Å². The quantitative estimate of drug-likeness (QED) is 0.200. The minimum Gasteiger partial charge on any atom is -0.407 e. The van der Waals surface area contributed by atoms with Gasteiger partial charge in [-0.1, -0.05) is 143 Å². The van der Waals surface area contributed by atoms with Crippen LogP contribution in [0.5, 0.6) is 0 Å². The first kappa shape index (κ1) is 30.7. The Bertz CT molecular complexity index is 1210. The van der Waals surface area contributed by atoms with Crippen LogP contribution in [0.4, 0.5) is 0 Å². The number of hydrogen-bond acceptors (Lipinski definition) is 5. The Balaban J connectivity index is 1.52. The van der Waals surface area contributed by atoms with Crippen molar-refractivity contribution in [3.8, 4) is 0 Å². The van der Waals surface area contributed by atoms with Gasteiger partial charge in [-0.3, -0.25) is 9.69 Å². The molecule has 1 amide bonds. The number of methoxy groups -OCH3 is 1. The zero-order chi connectivity index (χ0) is 28.8. The average Bonchev–Trinajstić information content (AvgIpc) is 3.32. The van der Waals surface area contributed by atoms with Crippen molar-refractivity contribution in [2.24, 2.45) is 5.92 Å². The van der Waals surface area contributed by atoms with E-state index < -0.39 is 8.32 Å². The second kappa shape index (κ2) is 13.6. The standard InChI is InChI=1S/C33H41NO3S2Si/c1-25(31(35)34-27(24-39-32(34)38)23-26-15-9-6-10-16-26)30(36-5)21-22-37-40(33(2,3)4,28-17-11-7-12-18-28)29-19-13-8-14-20-29/h6-20,25,27,30H,21-24H2,1-5H3/t25-,27+,30-/m1/s1.